The standard InChI is InChI=1S/C30H25Cl2N3O8/c1-15-21(31)6-4-8-23(15)33-25(36)13-42-29(40)17(3)35-27(38)19-11-10-18(12-20(19)28(35)39)30(41)43-14-26(37)34-24-9-5-7-22(32)16(24)2/h4-12,17H,13-14H2,1-3H3,(H,33,36)(H,34,37)/t17-/m1/s1. The molecule has 0 bridgehead atoms. The van der Waals surface area contributed by atoms with Gasteiger partial charge in [0.2, 0.25) is 0 Å². The van der Waals surface area contributed by atoms with Crippen molar-refractivity contribution in [1.82, 2.24) is 4.90 Å². The molecule has 3 aromatic rings. The van der Waals surface area contributed by atoms with Crippen LogP contribution in [0, 0.1) is 13.8 Å². The lowest BCUT2D eigenvalue weighted by Crippen LogP contribution is -2.44. The van der Waals surface area contributed by atoms with Crippen molar-refractivity contribution in [3.63, 3.8) is 0 Å². The maximum absolute atomic E-state index is 13.1. The normalized spacial score (nSPS) is 12.8. The number of carbonyl (C=O) groups excluding carboxylic acids is 6. The van der Waals surface area contributed by atoms with E-state index < -0.39 is 54.8 Å². The van der Waals surface area contributed by atoms with E-state index in [-0.39, 0.29) is 16.7 Å². The van der Waals surface area contributed by atoms with Gasteiger partial charge in [0.1, 0.15) is 6.04 Å². The molecule has 13 heteroatoms. The molecule has 43 heavy (non-hydrogen) atoms. The van der Waals surface area contributed by atoms with Gasteiger partial charge in [-0.2, -0.15) is 0 Å². The summed E-state index contributed by atoms with van der Waals surface area (Å²) < 4.78 is 10.1. The number of benzene rings is 3. The molecule has 0 saturated heterocycles. The highest BCUT2D eigenvalue weighted by Gasteiger charge is 2.42. The Morgan fingerprint density at radius 1 is 0.767 bits per heavy atom. The fourth-order valence-electron chi connectivity index (χ4n) is 4.17. The van der Waals surface area contributed by atoms with Gasteiger partial charge < -0.3 is 20.1 Å². The van der Waals surface area contributed by atoms with E-state index in [1.165, 1.54) is 19.1 Å². The first-order valence-electron chi connectivity index (χ1n) is 12.8. The number of ether oxygens (including phenoxy) is 2. The molecule has 1 heterocycles. The van der Waals surface area contributed by atoms with Gasteiger partial charge in [-0.25, -0.2) is 9.59 Å². The molecule has 0 unspecified atom stereocenters. The molecule has 3 aromatic carbocycles. The van der Waals surface area contributed by atoms with Crippen LogP contribution in [0.5, 0.6) is 0 Å². The lowest BCUT2D eigenvalue weighted by molar-refractivity contribution is -0.150. The Bertz CT molecular complexity index is 1670. The molecule has 0 fully saturated rings. The zero-order valence-corrected chi connectivity index (χ0v) is 24.7. The number of fused-ring (bicyclic) bond motifs is 1. The molecule has 1 aliphatic heterocycles. The van der Waals surface area contributed by atoms with E-state index in [1.807, 2.05) is 0 Å². The number of rotatable bonds is 9. The first-order chi connectivity index (χ1) is 20.4. The number of anilines is 2. The lowest BCUT2D eigenvalue weighted by Gasteiger charge is -2.20. The Hall–Kier alpha value is -4.74. The fraction of sp³-hybridized carbons (Fsp3) is 0.200. The smallest absolute Gasteiger partial charge is 0.338 e. The number of carbonyl (C=O) groups is 6. The van der Waals surface area contributed by atoms with Crippen LogP contribution >= 0.6 is 23.2 Å². The van der Waals surface area contributed by atoms with Crippen LogP contribution in [0.15, 0.2) is 54.6 Å². The maximum atomic E-state index is 13.1. The minimum Gasteiger partial charge on any atom is -0.454 e. The average molecular weight is 626 g/mol. The van der Waals surface area contributed by atoms with Crippen LogP contribution in [0.4, 0.5) is 11.4 Å². The molecule has 0 radical (unpaired) electrons. The van der Waals surface area contributed by atoms with Crippen LogP contribution in [-0.2, 0) is 23.9 Å². The maximum Gasteiger partial charge on any atom is 0.338 e. The molecule has 4 rings (SSSR count). The highest BCUT2D eigenvalue weighted by Crippen LogP contribution is 2.27. The first kappa shape index (κ1) is 31.2. The molecule has 1 aliphatic rings. The summed E-state index contributed by atoms with van der Waals surface area (Å²) >= 11 is 12.1. The van der Waals surface area contributed by atoms with Gasteiger partial charge in [0, 0.05) is 21.4 Å². The third-order valence-electron chi connectivity index (χ3n) is 6.65. The summed E-state index contributed by atoms with van der Waals surface area (Å²) in [5, 5.41) is 6.07. The Balaban J connectivity index is 1.34. The van der Waals surface area contributed by atoms with Gasteiger partial charge >= 0.3 is 11.9 Å². The molecule has 1 atom stereocenters. The summed E-state index contributed by atoms with van der Waals surface area (Å²) in [6.07, 6.45) is 0. The summed E-state index contributed by atoms with van der Waals surface area (Å²) in [7, 11) is 0. The van der Waals surface area contributed by atoms with Crippen LogP contribution in [-0.4, -0.2) is 59.7 Å². The molecular weight excluding hydrogens is 601 g/mol. The van der Waals surface area contributed by atoms with Gasteiger partial charge in [0.15, 0.2) is 13.2 Å². The molecule has 4 amide bonds. The topological polar surface area (TPSA) is 148 Å². The quantitative estimate of drug-likeness (QED) is 0.259. The van der Waals surface area contributed by atoms with E-state index in [9.17, 15) is 28.8 Å². The van der Waals surface area contributed by atoms with E-state index in [0.717, 1.165) is 6.07 Å². The molecule has 0 aromatic heterocycles. The zero-order valence-electron chi connectivity index (χ0n) is 23.2. The molecule has 2 N–H and O–H groups in total. The fourth-order valence-corrected chi connectivity index (χ4v) is 4.52. The van der Waals surface area contributed by atoms with E-state index >= 15 is 0 Å². The van der Waals surface area contributed by atoms with E-state index in [0.29, 0.717) is 37.4 Å². The molecule has 0 spiro atoms. The van der Waals surface area contributed by atoms with Crippen molar-refractivity contribution >= 4 is 70.1 Å². The molecule has 11 nitrogen and oxygen atoms in total. The summed E-state index contributed by atoms with van der Waals surface area (Å²) in [4.78, 5) is 76.5. The van der Waals surface area contributed by atoms with Crippen LogP contribution < -0.4 is 10.6 Å². The second-order valence-corrected chi connectivity index (χ2v) is 10.3. The van der Waals surface area contributed by atoms with Crippen molar-refractivity contribution in [3.8, 4) is 0 Å². The monoisotopic (exact) mass is 625 g/mol. The van der Waals surface area contributed by atoms with Crippen molar-refractivity contribution in [1.29, 1.82) is 0 Å². The summed E-state index contributed by atoms with van der Waals surface area (Å²) in [6.45, 7) is 3.42. The Morgan fingerprint density at radius 2 is 1.28 bits per heavy atom. The lowest BCUT2D eigenvalue weighted by atomic mass is 10.1. The van der Waals surface area contributed by atoms with Crippen molar-refractivity contribution in [2.45, 2.75) is 26.8 Å². The highest BCUT2D eigenvalue weighted by molar-refractivity contribution is 6.32. The highest BCUT2D eigenvalue weighted by atomic mass is 35.5. The SMILES string of the molecule is Cc1c(Cl)cccc1NC(=O)COC(=O)c1ccc2c(c1)C(=O)N([C@H](C)C(=O)OCC(=O)Nc1cccc(Cl)c1C)C2=O. The Kier molecular flexibility index (Phi) is 9.47. The van der Waals surface area contributed by atoms with Gasteiger partial charge in [-0.05, 0) is 74.4 Å². The van der Waals surface area contributed by atoms with Crippen LogP contribution in [0.25, 0.3) is 0 Å². The minimum atomic E-state index is -1.37. The number of halogens is 2. The summed E-state index contributed by atoms with van der Waals surface area (Å²) in [6, 6.07) is 12.2. The summed E-state index contributed by atoms with van der Waals surface area (Å²) in [5.74, 6) is -4.78. The number of hydrogen-bond donors (Lipinski definition) is 2. The molecule has 0 aliphatic carbocycles. The van der Waals surface area contributed by atoms with E-state index in [4.69, 9.17) is 32.7 Å². The number of esters is 2. The number of imide groups is 1. The summed E-state index contributed by atoms with van der Waals surface area (Å²) in [5.41, 5.74) is 1.91. The van der Waals surface area contributed by atoms with Crippen molar-refractivity contribution in [3.05, 3.63) is 92.5 Å². The predicted molar refractivity (Wildman–Crippen MR) is 157 cm³/mol. The van der Waals surface area contributed by atoms with Gasteiger partial charge in [-0.15, -0.1) is 0 Å². The van der Waals surface area contributed by atoms with E-state index in [2.05, 4.69) is 10.6 Å². The molecule has 222 valence electrons. The zero-order chi connectivity index (χ0) is 31.4. The van der Waals surface area contributed by atoms with Gasteiger partial charge in [-0.3, -0.25) is 24.1 Å². The molecule has 0 saturated carbocycles. The third-order valence-corrected chi connectivity index (χ3v) is 7.46. The van der Waals surface area contributed by atoms with Crippen molar-refractivity contribution < 1.29 is 38.2 Å². The van der Waals surface area contributed by atoms with Gasteiger partial charge in [-0.1, -0.05) is 35.3 Å². The molecular formula is C30H25Cl2N3O8. The third kappa shape index (κ3) is 6.85. The van der Waals surface area contributed by atoms with Crippen LogP contribution in [0.1, 0.15) is 49.1 Å². The number of hydrogen-bond acceptors (Lipinski definition) is 8. The average Bonchev–Trinajstić information content (AvgIpc) is 3.23. The van der Waals surface area contributed by atoms with Crippen LogP contribution in [0.3, 0.4) is 0 Å². The number of nitrogens with one attached hydrogen (secondary N) is 2. The largest absolute Gasteiger partial charge is 0.454 e. The van der Waals surface area contributed by atoms with Gasteiger partial charge in [0.05, 0.1) is 16.7 Å². The van der Waals surface area contributed by atoms with Crippen molar-refractivity contribution in [2.24, 2.45) is 0 Å². The second kappa shape index (κ2) is 13.1. The Morgan fingerprint density at radius 3 is 1.84 bits per heavy atom. The number of amides is 4. The second-order valence-electron chi connectivity index (χ2n) is 9.52. The van der Waals surface area contributed by atoms with E-state index in [1.54, 1.807) is 50.2 Å². The van der Waals surface area contributed by atoms with Gasteiger partial charge in [0.25, 0.3) is 23.6 Å². The minimum absolute atomic E-state index is 0.0375. The Labute approximate surface area is 256 Å². The number of nitrogens with zero attached hydrogens (tertiary/aromatic N) is 1. The predicted octanol–water partition coefficient (Wildman–Crippen LogP) is 4.57. The first-order valence-corrected chi connectivity index (χ1v) is 13.6. The van der Waals surface area contributed by atoms with Crippen molar-refractivity contribution in [2.75, 3.05) is 23.8 Å². The van der Waals surface area contributed by atoms with Crippen LogP contribution in [0.2, 0.25) is 10.0 Å².